The van der Waals surface area contributed by atoms with Crippen LogP contribution in [0.4, 0.5) is 5.13 Å². The van der Waals surface area contributed by atoms with Crippen molar-refractivity contribution in [3.05, 3.63) is 34.7 Å². The Morgan fingerprint density at radius 3 is 3.00 bits per heavy atom. The normalized spacial score (nSPS) is 18.2. The van der Waals surface area contributed by atoms with Gasteiger partial charge in [-0.25, -0.2) is 4.98 Å². The molecule has 2 aromatic rings. The van der Waals surface area contributed by atoms with Crippen LogP contribution in [0.1, 0.15) is 11.1 Å². The fraction of sp³-hybridized carbons (Fsp3) is 0.375. The Hall–Kier alpha value is -1.76. The molecular formula is C16H19N3O2S. The SMILES string of the molecule is Cc1ccc(-c2csc(NC(=O)C3COCCN3)n2)cc1C. The maximum Gasteiger partial charge on any atom is 0.245 e. The number of ether oxygens (including phenoxy) is 1. The summed E-state index contributed by atoms with van der Waals surface area (Å²) in [5, 5.41) is 8.56. The molecule has 1 aliphatic rings. The maximum absolute atomic E-state index is 12.1. The number of carbonyl (C=O) groups excluding carboxylic acids is 1. The number of aromatic nitrogens is 1. The summed E-state index contributed by atoms with van der Waals surface area (Å²) in [5.41, 5.74) is 4.45. The van der Waals surface area contributed by atoms with Crippen LogP contribution in [0, 0.1) is 13.8 Å². The molecule has 5 nitrogen and oxygen atoms in total. The number of anilines is 1. The molecule has 0 radical (unpaired) electrons. The highest BCUT2D eigenvalue weighted by molar-refractivity contribution is 7.14. The van der Waals surface area contributed by atoms with Gasteiger partial charge in [0.25, 0.3) is 0 Å². The molecule has 3 rings (SSSR count). The minimum atomic E-state index is -0.303. The molecule has 0 aliphatic carbocycles. The first-order valence-corrected chi connectivity index (χ1v) is 8.16. The standard InChI is InChI=1S/C16H19N3O2S/c1-10-3-4-12(7-11(10)2)14-9-22-16(18-14)19-15(20)13-8-21-6-5-17-13/h3-4,7,9,13,17H,5-6,8H2,1-2H3,(H,18,19,20). The fourth-order valence-corrected chi connectivity index (χ4v) is 3.01. The van der Waals surface area contributed by atoms with Gasteiger partial charge in [0.2, 0.25) is 5.91 Å². The second-order valence-corrected chi connectivity index (χ2v) is 6.27. The summed E-state index contributed by atoms with van der Waals surface area (Å²) in [6.07, 6.45) is 0. The highest BCUT2D eigenvalue weighted by atomic mass is 32.1. The average Bonchev–Trinajstić information content (AvgIpc) is 2.99. The van der Waals surface area contributed by atoms with Crippen LogP contribution in [-0.2, 0) is 9.53 Å². The van der Waals surface area contributed by atoms with Gasteiger partial charge in [-0.3, -0.25) is 4.79 Å². The predicted octanol–water partition coefficient (Wildman–Crippen LogP) is 2.35. The molecular weight excluding hydrogens is 298 g/mol. The molecule has 0 spiro atoms. The Balaban J connectivity index is 1.70. The van der Waals surface area contributed by atoms with Crippen LogP contribution in [0.2, 0.25) is 0 Å². The van der Waals surface area contributed by atoms with E-state index in [0.717, 1.165) is 11.3 Å². The lowest BCUT2D eigenvalue weighted by Gasteiger charge is -2.22. The number of nitrogens with zero attached hydrogens (tertiary/aromatic N) is 1. The van der Waals surface area contributed by atoms with Gasteiger partial charge in [0.15, 0.2) is 5.13 Å². The van der Waals surface area contributed by atoms with Crippen molar-refractivity contribution in [2.45, 2.75) is 19.9 Å². The molecule has 1 aromatic heterocycles. The van der Waals surface area contributed by atoms with E-state index in [4.69, 9.17) is 4.74 Å². The molecule has 0 saturated carbocycles. The number of hydrogen-bond acceptors (Lipinski definition) is 5. The van der Waals surface area contributed by atoms with E-state index < -0.39 is 0 Å². The van der Waals surface area contributed by atoms with Crippen molar-refractivity contribution in [3.63, 3.8) is 0 Å². The zero-order valence-electron chi connectivity index (χ0n) is 12.7. The van der Waals surface area contributed by atoms with Gasteiger partial charge in [-0.05, 0) is 31.0 Å². The van der Waals surface area contributed by atoms with Crippen LogP contribution in [0.5, 0.6) is 0 Å². The van der Waals surface area contributed by atoms with Crippen molar-refractivity contribution >= 4 is 22.4 Å². The summed E-state index contributed by atoms with van der Waals surface area (Å²) in [4.78, 5) is 16.6. The van der Waals surface area contributed by atoms with Crippen molar-refractivity contribution in [1.29, 1.82) is 0 Å². The molecule has 1 amide bonds. The summed E-state index contributed by atoms with van der Waals surface area (Å²) in [5.74, 6) is -0.0966. The average molecular weight is 317 g/mol. The number of nitrogens with one attached hydrogen (secondary N) is 2. The number of amides is 1. The topological polar surface area (TPSA) is 63.2 Å². The largest absolute Gasteiger partial charge is 0.378 e. The molecule has 1 unspecified atom stereocenters. The van der Waals surface area contributed by atoms with E-state index in [1.807, 2.05) is 5.38 Å². The maximum atomic E-state index is 12.1. The predicted molar refractivity (Wildman–Crippen MR) is 88.3 cm³/mol. The third-order valence-corrected chi connectivity index (χ3v) is 4.53. The van der Waals surface area contributed by atoms with E-state index in [2.05, 4.69) is 47.7 Å². The van der Waals surface area contributed by atoms with Crippen molar-refractivity contribution in [2.75, 3.05) is 25.1 Å². The Labute approximate surface area is 133 Å². The summed E-state index contributed by atoms with van der Waals surface area (Å²) >= 11 is 1.44. The molecule has 1 saturated heterocycles. The van der Waals surface area contributed by atoms with E-state index in [9.17, 15) is 4.79 Å². The molecule has 0 bridgehead atoms. The van der Waals surface area contributed by atoms with Gasteiger partial charge in [-0.2, -0.15) is 0 Å². The molecule has 22 heavy (non-hydrogen) atoms. The third kappa shape index (κ3) is 3.35. The van der Waals surface area contributed by atoms with Crippen LogP contribution < -0.4 is 10.6 Å². The molecule has 1 fully saturated rings. The first-order chi connectivity index (χ1) is 10.6. The lowest BCUT2D eigenvalue weighted by Crippen LogP contribution is -2.48. The molecule has 116 valence electrons. The summed E-state index contributed by atoms with van der Waals surface area (Å²) < 4.78 is 5.30. The first-order valence-electron chi connectivity index (χ1n) is 7.28. The van der Waals surface area contributed by atoms with E-state index in [0.29, 0.717) is 24.9 Å². The summed E-state index contributed by atoms with van der Waals surface area (Å²) in [6, 6.07) is 5.96. The Kier molecular flexibility index (Phi) is 4.52. The van der Waals surface area contributed by atoms with Crippen LogP contribution in [0.25, 0.3) is 11.3 Å². The molecule has 1 atom stereocenters. The highest BCUT2D eigenvalue weighted by Crippen LogP contribution is 2.26. The minimum absolute atomic E-state index is 0.0966. The van der Waals surface area contributed by atoms with E-state index in [-0.39, 0.29) is 11.9 Å². The van der Waals surface area contributed by atoms with Gasteiger partial charge in [-0.1, -0.05) is 12.1 Å². The number of morpholine rings is 1. The monoisotopic (exact) mass is 317 g/mol. The van der Waals surface area contributed by atoms with Gasteiger partial charge in [0.1, 0.15) is 6.04 Å². The van der Waals surface area contributed by atoms with E-state index in [1.165, 1.54) is 22.5 Å². The van der Waals surface area contributed by atoms with Crippen molar-refractivity contribution in [1.82, 2.24) is 10.3 Å². The lowest BCUT2D eigenvalue weighted by atomic mass is 10.1. The van der Waals surface area contributed by atoms with Crippen molar-refractivity contribution in [3.8, 4) is 11.3 Å². The summed E-state index contributed by atoms with van der Waals surface area (Å²) in [7, 11) is 0. The van der Waals surface area contributed by atoms with Crippen molar-refractivity contribution < 1.29 is 9.53 Å². The van der Waals surface area contributed by atoms with Gasteiger partial charge >= 0.3 is 0 Å². The van der Waals surface area contributed by atoms with Crippen LogP contribution in [0.15, 0.2) is 23.6 Å². The molecule has 2 N–H and O–H groups in total. The number of thiazole rings is 1. The molecule has 1 aliphatic heterocycles. The number of benzene rings is 1. The van der Waals surface area contributed by atoms with Gasteiger partial charge in [-0.15, -0.1) is 11.3 Å². The third-order valence-electron chi connectivity index (χ3n) is 3.78. The highest BCUT2D eigenvalue weighted by Gasteiger charge is 2.22. The quantitative estimate of drug-likeness (QED) is 0.912. The smallest absolute Gasteiger partial charge is 0.245 e. The van der Waals surface area contributed by atoms with Crippen LogP contribution >= 0.6 is 11.3 Å². The summed E-state index contributed by atoms with van der Waals surface area (Å²) in [6.45, 7) is 5.93. The molecule has 2 heterocycles. The lowest BCUT2D eigenvalue weighted by molar-refractivity contribution is -0.120. The second kappa shape index (κ2) is 6.56. The Bertz CT molecular complexity index is 678. The van der Waals surface area contributed by atoms with Gasteiger partial charge < -0.3 is 15.4 Å². The van der Waals surface area contributed by atoms with Crippen LogP contribution in [-0.4, -0.2) is 36.7 Å². The van der Waals surface area contributed by atoms with Crippen LogP contribution in [0.3, 0.4) is 0 Å². The van der Waals surface area contributed by atoms with Gasteiger partial charge in [0.05, 0.1) is 18.9 Å². The van der Waals surface area contributed by atoms with E-state index in [1.54, 1.807) is 0 Å². The number of rotatable bonds is 3. The van der Waals surface area contributed by atoms with E-state index >= 15 is 0 Å². The first kappa shape index (κ1) is 15.1. The zero-order chi connectivity index (χ0) is 15.5. The van der Waals surface area contributed by atoms with Crippen molar-refractivity contribution in [2.24, 2.45) is 0 Å². The van der Waals surface area contributed by atoms with Gasteiger partial charge in [0, 0.05) is 17.5 Å². The Morgan fingerprint density at radius 2 is 2.27 bits per heavy atom. The fourth-order valence-electron chi connectivity index (χ4n) is 2.29. The minimum Gasteiger partial charge on any atom is -0.378 e. The molecule has 1 aromatic carbocycles. The molecule has 6 heteroatoms. The number of carbonyl (C=O) groups is 1. The Morgan fingerprint density at radius 1 is 1.41 bits per heavy atom. The second-order valence-electron chi connectivity index (χ2n) is 5.41. The number of hydrogen-bond donors (Lipinski definition) is 2. The zero-order valence-corrected chi connectivity index (χ0v) is 13.5. The number of aryl methyl sites for hydroxylation is 2.